The minimum atomic E-state index is -0.800. The largest absolute Gasteiger partial charge is 0.504 e. The van der Waals surface area contributed by atoms with Gasteiger partial charge in [0.1, 0.15) is 0 Å². The van der Waals surface area contributed by atoms with Gasteiger partial charge < -0.3 is 15.3 Å². The molecule has 0 fully saturated rings. The molecule has 1 aliphatic carbocycles. The number of phenols is 2. The van der Waals surface area contributed by atoms with Crippen molar-refractivity contribution in [3.05, 3.63) is 41.0 Å². The lowest BCUT2D eigenvalue weighted by Gasteiger charge is -2.40. The topological polar surface area (TPSA) is 81.0 Å². The Bertz CT molecular complexity index is 902. The molecule has 3 N–H and O–H groups in total. The minimum Gasteiger partial charge on any atom is -0.504 e. The van der Waals surface area contributed by atoms with Crippen LogP contribution in [0.15, 0.2) is 29.2 Å². The van der Waals surface area contributed by atoms with Crippen LogP contribution in [0.2, 0.25) is 0 Å². The maximum atomic E-state index is 10.8. The number of fused-ring (bicyclic) bond motifs is 2. The normalized spacial score (nSPS) is 17.6. The summed E-state index contributed by atoms with van der Waals surface area (Å²) in [6.07, 6.45) is 1.85. The second-order valence-electron chi connectivity index (χ2n) is 6.95. The molecule has 7 heteroatoms. The third kappa shape index (κ3) is 3.49. The number of phenolic OH excluding ortho intramolecular Hbond substituents is 2. The molecule has 5 nitrogen and oxygen atoms in total. The fourth-order valence-electron chi connectivity index (χ4n) is 4.06. The van der Waals surface area contributed by atoms with Crippen molar-refractivity contribution in [2.75, 3.05) is 19.3 Å². The quantitative estimate of drug-likeness (QED) is 0.527. The van der Waals surface area contributed by atoms with Gasteiger partial charge in [-0.2, -0.15) is 0 Å². The zero-order valence-electron chi connectivity index (χ0n) is 14.9. The molecule has 0 spiro atoms. The van der Waals surface area contributed by atoms with Crippen LogP contribution in [0, 0.1) is 0 Å². The van der Waals surface area contributed by atoms with E-state index in [0.29, 0.717) is 11.3 Å². The van der Waals surface area contributed by atoms with Gasteiger partial charge in [0.15, 0.2) is 11.5 Å². The van der Waals surface area contributed by atoms with Crippen LogP contribution < -0.4 is 0 Å². The van der Waals surface area contributed by atoms with Crippen molar-refractivity contribution in [3.8, 4) is 22.6 Å². The number of thioether (sulfide) groups is 1. The van der Waals surface area contributed by atoms with Crippen LogP contribution in [-0.2, 0) is 17.6 Å². The molecular formula is C20H22ClNO4S. The smallest absolute Gasteiger partial charge is 0.304 e. The van der Waals surface area contributed by atoms with Gasteiger partial charge in [0.2, 0.25) is 0 Å². The number of carbonyl (C=O) groups is 1. The van der Waals surface area contributed by atoms with Crippen LogP contribution in [0.4, 0.5) is 0 Å². The van der Waals surface area contributed by atoms with E-state index < -0.39 is 5.97 Å². The summed E-state index contributed by atoms with van der Waals surface area (Å²) in [7, 11) is 2.12. The third-order valence-electron chi connectivity index (χ3n) is 5.35. The Morgan fingerprint density at radius 2 is 2.04 bits per heavy atom. The van der Waals surface area contributed by atoms with Crippen LogP contribution in [0.1, 0.15) is 29.2 Å². The van der Waals surface area contributed by atoms with E-state index in [1.165, 1.54) is 22.9 Å². The number of likely N-dealkylation sites (N-methyl/N-ethyl adjacent to an activating group) is 1. The number of benzene rings is 2. The van der Waals surface area contributed by atoms with Crippen LogP contribution in [0.5, 0.6) is 11.5 Å². The number of hydrogen-bond donors (Lipinski definition) is 3. The average Bonchev–Trinajstić information content (AvgIpc) is 2.60. The predicted octanol–water partition coefficient (Wildman–Crippen LogP) is 3.84. The Balaban J connectivity index is 0.00000210. The highest BCUT2D eigenvalue weighted by atomic mass is 35.5. The van der Waals surface area contributed by atoms with E-state index in [2.05, 4.69) is 18.0 Å². The molecule has 0 unspecified atom stereocenters. The second kappa shape index (κ2) is 7.62. The summed E-state index contributed by atoms with van der Waals surface area (Å²) in [4.78, 5) is 14.2. The first-order valence-electron chi connectivity index (χ1n) is 8.71. The standard InChI is InChI=1S/C20H21NO4S.ClH/c1-21-6-4-12-8-13(26-7-5-17(23)24)10-14-18(12)15(21)9-11-2-3-16(22)20(25)19(11)14;/h2-3,8,10,15,22,25H,4-7,9H2,1H3,(H,23,24);1H/t15-;/m1./s1. The van der Waals surface area contributed by atoms with Gasteiger partial charge in [0, 0.05) is 28.8 Å². The zero-order chi connectivity index (χ0) is 18.4. The summed E-state index contributed by atoms with van der Waals surface area (Å²) < 4.78 is 0. The number of aliphatic carboxylic acids is 1. The third-order valence-corrected chi connectivity index (χ3v) is 6.33. The van der Waals surface area contributed by atoms with Crippen molar-refractivity contribution in [2.45, 2.75) is 30.2 Å². The lowest BCUT2D eigenvalue weighted by atomic mass is 9.77. The van der Waals surface area contributed by atoms with E-state index in [1.54, 1.807) is 6.07 Å². The summed E-state index contributed by atoms with van der Waals surface area (Å²) in [5.41, 5.74) is 5.21. The molecule has 0 saturated carbocycles. The van der Waals surface area contributed by atoms with Gasteiger partial charge in [-0.05, 0) is 60.3 Å². The number of nitrogens with zero attached hydrogens (tertiary/aromatic N) is 1. The highest BCUT2D eigenvalue weighted by Gasteiger charge is 2.34. The summed E-state index contributed by atoms with van der Waals surface area (Å²) in [5, 5.41) is 29.4. The maximum Gasteiger partial charge on any atom is 0.304 e. The van der Waals surface area contributed by atoms with Crippen LogP contribution in [0.25, 0.3) is 11.1 Å². The van der Waals surface area contributed by atoms with Gasteiger partial charge in [-0.25, -0.2) is 0 Å². The van der Waals surface area contributed by atoms with Crippen molar-refractivity contribution >= 4 is 30.1 Å². The van der Waals surface area contributed by atoms with Crippen molar-refractivity contribution < 1.29 is 20.1 Å². The lowest BCUT2D eigenvalue weighted by molar-refractivity contribution is -0.136. The van der Waals surface area contributed by atoms with Gasteiger partial charge in [-0.15, -0.1) is 24.2 Å². The van der Waals surface area contributed by atoms with Gasteiger partial charge in [-0.3, -0.25) is 9.69 Å². The lowest BCUT2D eigenvalue weighted by Crippen LogP contribution is -2.35. The summed E-state index contributed by atoms with van der Waals surface area (Å²) >= 11 is 1.52. The Kier molecular flexibility index (Phi) is 5.60. The molecule has 2 aromatic rings. The van der Waals surface area contributed by atoms with Crippen LogP contribution in [-0.4, -0.2) is 45.5 Å². The van der Waals surface area contributed by atoms with Gasteiger partial charge in [-0.1, -0.05) is 6.07 Å². The molecule has 1 atom stereocenters. The van der Waals surface area contributed by atoms with Gasteiger partial charge in [0.25, 0.3) is 0 Å². The fourth-order valence-corrected chi connectivity index (χ4v) is 5.00. The molecule has 144 valence electrons. The molecule has 1 aliphatic heterocycles. The van der Waals surface area contributed by atoms with E-state index in [0.717, 1.165) is 35.4 Å². The van der Waals surface area contributed by atoms with E-state index in [1.807, 2.05) is 12.1 Å². The number of aromatic hydroxyl groups is 2. The van der Waals surface area contributed by atoms with E-state index >= 15 is 0 Å². The van der Waals surface area contributed by atoms with Crippen LogP contribution >= 0.6 is 24.2 Å². The second-order valence-corrected chi connectivity index (χ2v) is 8.12. The molecule has 0 aromatic heterocycles. The molecule has 2 aromatic carbocycles. The highest BCUT2D eigenvalue weighted by molar-refractivity contribution is 7.99. The molecule has 27 heavy (non-hydrogen) atoms. The summed E-state index contributed by atoms with van der Waals surface area (Å²) in [5.74, 6) is -0.463. The highest BCUT2D eigenvalue weighted by Crippen LogP contribution is 2.51. The molecule has 1 heterocycles. The first-order valence-corrected chi connectivity index (χ1v) is 9.70. The first kappa shape index (κ1) is 19.9. The van der Waals surface area contributed by atoms with Crippen molar-refractivity contribution in [2.24, 2.45) is 0 Å². The Hall–Kier alpha value is -1.89. The van der Waals surface area contributed by atoms with Crippen molar-refractivity contribution in [1.29, 1.82) is 0 Å². The van der Waals surface area contributed by atoms with E-state index in [4.69, 9.17) is 5.11 Å². The molecule has 0 radical (unpaired) electrons. The number of rotatable bonds is 4. The predicted molar refractivity (Wildman–Crippen MR) is 108 cm³/mol. The van der Waals surface area contributed by atoms with Crippen molar-refractivity contribution in [3.63, 3.8) is 0 Å². The molecule has 0 amide bonds. The Labute approximate surface area is 168 Å². The zero-order valence-corrected chi connectivity index (χ0v) is 16.6. The molecular weight excluding hydrogens is 386 g/mol. The summed E-state index contributed by atoms with van der Waals surface area (Å²) in [6, 6.07) is 7.90. The molecule has 4 rings (SSSR count). The molecule has 2 aliphatic rings. The van der Waals surface area contributed by atoms with Crippen molar-refractivity contribution in [1.82, 2.24) is 4.90 Å². The van der Waals surface area contributed by atoms with Gasteiger partial charge in [0.05, 0.1) is 6.42 Å². The number of halogens is 1. The minimum absolute atomic E-state index is 0. The van der Waals surface area contributed by atoms with Crippen LogP contribution in [0.3, 0.4) is 0 Å². The monoisotopic (exact) mass is 407 g/mol. The van der Waals surface area contributed by atoms with Gasteiger partial charge >= 0.3 is 5.97 Å². The average molecular weight is 408 g/mol. The number of carboxylic acid groups (broad SMARTS) is 1. The number of hydrogen-bond acceptors (Lipinski definition) is 5. The Morgan fingerprint density at radius 1 is 1.26 bits per heavy atom. The Morgan fingerprint density at radius 3 is 2.78 bits per heavy atom. The van der Waals surface area contributed by atoms with E-state index in [-0.39, 0.29) is 36.4 Å². The fraction of sp³-hybridized carbons (Fsp3) is 0.350. The number of carboxylic acids is 1. The molecule has 0 saturated heterocycles. The SMILES string of the molecule is CN1CCc2cc(SCCC(=O)O)cc3c2[C@H]1Cc1ccc(O)c(O)c1-3.Cl. The van der Waals surface area contributed by atoms with E-state index in [9.17, 15) is 15.0 Å². The maximum absolute atomic E-state index is 10.8. The first-order chi connectivity index (χ1) is 12.5. The summed E-state index contributed by atoms with van der Waals surface area (Å²) in [6.45, 7) is 0.972. The molecule has 0 bridgehead atoms.